The molecule has 0 aliphatic heterocycles. The fourth-order valence-electron chi connectivity index (χ4n) is 0.908. The van der Waals surface area contributed by atoms with Crippen molar-refractivity contribution in [3.8, 4) is 5.75 Å². The molecule has 0 amide bonds. The molecular formula is C7H7ClF2N2O3S. The van der Waals surface area contributed by atoms with Gasteiger partial charge < -0.3 is 4.74 Å². The first-order valence-corrected chi connectivity index (χ1v) is 5.69. The minimum absolute atomic E-state index is 0.249. The third-order valence-electron chi connectivity index (χ3n) is 1.58. The molecule has 3 N–H and O–H groups in total. The average molecular weight is 273 g/mol. The van der Waals surface area contributed by atoms with Gasteiger partial charge in [0.25, 0.3) is 10.0 Å². The number of halogens is 3. The second-order valence-corrected chi connectivity index (χ2v) is 4.71. The van der Waals surface area contributed by atoms with Crippen molar-refractivity contribution in [2.45, 2.75) is 11.5 Å². The van der Waals surface area contributed by atoms with Crippen molar-refractivity contribution in [2.24, 2.45) is 5.84 Å². The number of hydrazine groups is 1. The summed E-state index contributed by atoms with van der Waals surface area (Å²) in [5, 5.41) is -0.253. The van der Waals surface area contributed by atoms with Crippen LogP contribution in [0.2, 0.25) is 5.02 Å². The molecule has 0 aliphatic rings. The third-order valence-corrected chi connectivity index (χ3v) is 3.07. The summed E-state index contributed by atoms with van der Waals surface area (Å²) in [6.07, 6.45) is 0. The molecule has 1 aromatic carbocycles. The SMILES string of the molecule is NNS(=O)(=O)c1ccc(OC(F)F)c(Cl)c1. The van der Waals surface area contributed by atoms with E-state index in [1.165, 1.54) is 0 Å². The second-order valence-electron chi connectivity index (χ2n) is 2.59. The maximum absolute atomic E-state index is 11.9. The number of sulfonamides is 1. The van der Waals surface area contributed by atoms with E-state index in [0.717, 1.165) is 18.2 Å². The monoisotopic (exact) mass is 272 g/mol. The number of nitrogens with two attached hydrogens (primary N) is 1. The molecule has 0 saturated carbocycles. The van der Waals surface area contributed by atoms with E-state index >= 15 is 0 Å². The van der Waals surface area contributed by atoms with E-state index in [1.54, 1.807) is 4.83 Å². The summed E-state index contributed by atoms with van der Waals surface area (Å²) in [7, 11) is -3.87. The summed E-state index contributed by atoms with van der Waals surface area (Å²) in [4.78, 5) is 1.32. The lowest BCUT2D eigenvalue weighted by molar-refractivity contribution is -0.0498. The lowest BCUT2D eigenvalue weighted by atomic mass is 10.3. The van der Waals surface area contributed by atoms with Crippen LogP contribution >= 0.6 is 11.6 Å². The highest BCUT2D eigenvalue weighted by atomic mass is 35.5. The normalized spacial score (nSPS) is 11.8. The molecule has 0 aromatic heterocycles. The maximum atomic E-state index is 11.9. The van der Waals surface area contributed by atoms with Crippen LogP contribution in [0.25, 0.3) is 0 Å². The van der Waals surface area contributed by atoms with Crippen LogP contribution in [0.5, 0.6) is 5.75 Å². The van der Waals surface area contributed by atoms with Crippen molar-refractivity contribution in [1.82, 2.24) is 4.83 Å². The van der Waals surface area contributed by atoms with Gasteiger partial charge in [0, 0.05) is 0 Å². The van der Waals surface area contributed by atoms with Crippen LogP contribution in [0.15, 0.2) is 23.1 Å². The summed E-state index contributed by atoms with van der Waals surface area (Å²) in [6, 6.07) is 3.01. The van der Waals surface area contributed by atoms with Crippen molar-refractivity contribution in [2.75, 3.05) is 0 Å². The van der Waals surface area contributed by atoms with Crippen LogP contribution in [0.3, 0.4) is 0 Å². The average Bonchev–Trinajstić information content (AvgIpc) is 2.20. The van der Waals surface area contributed by atoms with Crippen LogP contribution in [0.4, 0.5) is 8.78 Å². The Morgan fingerprint density at radius 1 is 1.44 bits per heavy atom. The molecule has 0 atom stereocenters. The number of nitrogens with one attached hydrogen (secondary N) is 1. The van der Waals surface area contributed by atoms with E-state index in [1.807, 2.05) is 0 Å². The summed E-state index contributed by atoms with van der Waals surface area (Å²) >= 11 is 5.55. The van der Waals surface area contributed by atoms with Gasteiger partial charge in [0.05, 0.1) is 9.92 Å². The zero-order valence-corrected chi connectivity index (χ0v) is 9.23. The van der Waals surface area contributed by atoms with Gasteiger partial charge in [-0.3, -0.25) is 5.84 Å². The lowest BCUT2D eigenvalue weighted by Gasteiger charge is -2.08. The van der Waals surface area contributed by atoms with Crippen molar-refractivity contribution >= 4 is 21.6 Å². The zero-order valence-electron chi connectivity index (χ0n) is 7.65. The molecule has 0 heterocycles. The topological polar surface area (TPSA) is 81.4 Å². The number of benzene rings is 1. The van der Waals surface area contributed by atoms with Crippen molar-refractivity contribution in [3.63, 3.8) is 0 Å². The second kappa shape index (κ2) is 4.91. The Hall–Kier alpha value is -0.960. The minimum Gasteiger partial charge on any atom is -0.433 e. The van der Waals surface area contributed by atoms with Crippen LogP contribution < -0.4 is 15.4 Å². The fourth-order valence-corrected chi connectivity index (χ4v) is 1.85. The first kappa shape index (κ1) is 13.1. The van der Waals surface area contributed by atoms with Gasteiger partial charge in [-0.1, -0.05) is 11.6 Å². The Balaban J connectivity index is 3.09. The molecule has 0 fully saturated rings. The van der Waals surface area contributed by atoms with Gasteiger partial charge in [-0.25, -0.2) is 8.42 Å². The molecule has 0 saturated heterocycles. The van der Waals surface area contributed by atoms with Crippen molar-refractivity contribution in [3.05, 3.63) is 23.2 Å². The first-order chi connectivity index (χ1) is 7.36. The number of hydrogen-bond acceptors (Lipinski definition) is 4. The van der Waals surface area contributed by atoms with E-state index < -0.39 is 16.6 Å². The van der Waals surface area contributed by atoms with Crippen LogP contribution in [0.1, 0.15) is 0 Å². The summed E-state index contributed by atoms with van der Waals surface area (Å²) < 4.78 is 50.2. The van der Waals surface area contributed by atoms with Crippen LogP contribution in [-0.4, -0.2) is 15.0 Å². The van der Waals surface area contributed by atoms with Crippen molar-refractivity contribution in [1.29, 1.82) is 0 Å². The highest BCUT2D eigenvalue weighted by Crippen LogP contribution is 2.28. The molecule has 1 aromatic rings. The summed E-state index contributed by atoms with van der Waals surface area (Å²) in [5.74, 6) is 4.46. The Morgan fingerprint density at radius 2 is 2.06 bits per heavy atom. The molecule has 9 heteroatoms. The lowest BCUT2D eigenvalue weighted by Crippen LogP contribution is -2.30. The number of alkyl halides is 2. The van der Waals surface area contributed by atoms with E-state index in [4.69, 9.17) is 17.4 Å². The molecule has 16 heavy (non-hydrogen) atoms. The molecule has 5 nitrogen and oxygen atoms in total. The van der Waals surface area contributed by atoms with Gasteiger partial charge in [-0.15, -0.1) is 0 Å². The van der Waals surface area contributed by atoms with Gasteiger partial charge in [-0.05, 0) is 18.2 Å². The van der Waals surface area contributed by atoms with Crippen molar-refractivity contribution < 1.29 is 21.9 Å². The first-order valence-electron chi connectivity index (χ1n) is 3.83. The van der Waals surface area contributed by atoms with E-state index in [-0.39, 0.29) is 15.7 Å². The highest BCUT2D eigenvalue weighted by Gasteiger charge is 2.15. The summed E-state index contributed by atoms with van der Waals surface area (Å²) in [6.45, 7) is -3.03. The highest BCUT2D eigenvalue weighted by molar-refractivity contribution is 7.89. The van der Waals surface area contributed by atoms with Gasteiger partial charge in [0.1, 0.15) is 5.75 Å². The van der Waals surface area contributed by atoms with E-state index in [9.17, 15) is 17.2 Å². The molecule has 0 unspecified atom stereocenters. The predicted octanol–water partition coefficient (Wildman–Crippen LogP) is 1.09. The maximum Gasteiger partial charge on any atom is 0.387 e. The molecular weight excluding hydrogens is 266 g/mol. The van der Waals surface area contributed by atoms with E-state index in [0.29, 0.717) is 0 Å². The smallest absolute Gasteiger partial charge is 0.387 e. The largest absolute Gasteiger partial charge is 0.433 e. The molecule has 0 spiro atoms. The Labute approximate surface area is 95.2 Å². The van der Waals surface area contributed by atoms with Crippen LogP contribution in [0, 0.1) is 0 Å². The molecule has 90 valence electrons. The Bertz CT molecular complexity index is 481. The standard InChI is InChI=1S/C7H7ClF2N2O3S/c8-5-3-4(16(13,14)12-11)1-2-6(5)15-7(9)10/h1-3,7,12H,11H2. The molecule has 0 aliphatic carbocycles. The van der Waals surface area contributed by atoms with Crippen LogP contribution in [-0.2, 0) is 10.0 Å². The number of hydrogen-bond donors (Lipinski definition) is 2. The van der Waals surface area contributed by atoms with E-state index in [2.05, 4.69) is 4.74 Å². The number of ether oxygens (including phenoxy) is 1. The molecule has 0 bridgehead atoms. The predicted molar refractivity (Wildman–Crippen MR) is 52.6 cm³/mol. The van der Waals surface area contributed by atoms with Gasteiger partial charge in [-0.2, -0.15) is 13.6 Å². The van der Waals surface area contributed by atoms with Gasteiger partial charge in [0.2, 0.25) is 0 Å². The van der Waals surface area contributed by atoms with Gasteiger partial charge >= 0.3 is 6.61 Å². The summed E-state index contributed by atoms with van der Waals surface area (Å²) in [5.41, 5.74) is 0. The quantitative estimate of drug-likeness (QED) is 0.635. The fraction of sp³-hybridized carbons (Fsp3) is 0.143. The Kier molecular flexibility index (Phi) is 4.03. The Morgan fingerprint density at radius 3 is 2.50 bits per heavy atom. The third kappa shape index (κ3) is 3.01. The zero-order chi connectivity index (χ0) is 12.3. The number of rotatable bonds is 4. The molecule has 0 radical (unpaired) electrons. The minimum atomic E-state index is -3.87. The van der Waals surface area contributed by atoms with Gasteiger partial charge in [0.15, 0.2) is 0 Å². The molecule has 1 rings (SSSR count).